The summed E-state index contributed by atoms with van der Waals surface area (Å²) in [6.07, 6.45) is 6.00. The van der Waals surface area contributed by atoms with Crippen LogP contribution in [-0.4, -0.2) is 24.4 Å². The van der Waals surface area contributed by atoms with Crippen LogP contribution in [0.25, 0.3) is 0 Å². The summed E-state index contributed by atoms with van der Waals surface area (Å²) in [5.41, 5.74) is 2.45. The van der Waals surface area contributed by atoms with Gasteiger partial charge in [0.2, 0.25) is 5.95 Å². The largest absolute Gasteiger partial charge is 0.351 e. The summed E-state index contributed by atoms with van der Waals surface area (Å²) >= 11 is 0. The molecular formula is C24H28FN5O2S. The number of aromatic nitrogens is 2. The van der Waals surface area contributed by atoms with Gasteiger partial charge in [-0.15, -0.1) is 0 Å². The van der Waals surface area contributed by atoms with Gasteiger partial charge in [0.15, 0.2) is 0 Å². The maximum atomic E-state index is 13.5. The highest BCUT2D eigenvalue weighted by molar-refractivity contribution is 7.92. The van der Waals surface area contributed by atoms with Crippen molar-refractivity contribution in [2.45, 2.75) is 56.9 Å². The SMILES string of the molecule is Cc1cc(Nc2ccc(NS(=O)(=O)c3cc(F)ccc3C)cc2)nc(NC2CCCCC2)n1. The fraction of sp³-hybridized carbons (Fsp3) is 0.333. The Morgan fingerprint density at radius 3 is 2.33 bits per heavy atom. The third kappa shape index (κ3) is 5.98. The minimum absolute atomic E-state index is 0.0841. The highest BCUT2D eigenvalue weighted by Crippen LogP contribution is 2.24. The van der Waals surface area contributed by atoms with E-state index in [-0.39, 0.29) is 4.90 Å². The quantitative estimate of drug-likeness (QED) is 0.422. The van der Waals surface area contributed by atoms with Gasteiger partial charge in [-0.05, 0) is 68.7 Å². The van der Waals surface area contributed by atoms with Crippen LogP contribution in [0.15, 0.2) is 53.4 Å². The van der Waals surface area contributed by atoms with Crippen LogP contribution in [0.1, 0.15) is 43.4 Å². The smallest absolute Gasteiger partial charge is 0.262 e. The second kappa shape index (κ2) is 9.74. The molecular weight excluding hydrogens is 441 g/mol. The van der Waals surface area contributed by atoms with Crippen molar-refractivity contribution < 1.29 is 12.8 Å². The Kier molecular flexibility index (Phi) is 6.78. The second-order valence-corrected chi connectivity index (χ2v) is 10.1. The summed E-state index contributed by atoms with van der Waals surface area (Å²) in [6.45, 7) is 3.55. The van der Waals surface area contributed by atoms with E-state index in [4.69, 9.17) is 0 Å². The topological polar surface area (TPSA) is 96.0 Å². The first-order valence-corrected chi connectivity index (χ1v) is 12.6. The zero-order valence-electron chi connectivity index (χ0n) is 18.7. The van der Waals surface area contributed by atoms with Crippen molar-refractivity contribution in [3.05, 3.63) is 65.6 Å². The minimum Gasteiger partial charge on any atom is -0.351 e. The summed E-state index contributed by atoms with van der Waals surface area (Å²) in [7, 11) is -3.90. The van der Waals surface area contributed by atoms with Crippen LogP contribution < -0.4 is 15.4 Å². The molecule has 4 rings (SSSR count). The molecule has 2 aromatic carbocycles. The zero-order chi connectivity index (χ0) is 23.4. The average Bonchev–Trinajstić information content (AvgIpc) is 2.77. The molecule has 1 aromatic heterocycles. The van der Waals surface area contributed by atoms with E-state index in [9.17, 15) is 12.8 Å². The number of rotatable bonds is 7. The monoisotopic (exact) mass is 469 g/mol. The molecule has 1 aliphatic rings. The maximum Gasteiger partial charge on any atom is 0.262 e. The molecule has 0 amide bonds. The van der Waals surface area contributed by atoms with E-state index in [1.165, 1.54) is 31.4 Å². The number of halogens is 1. The molecule has 0 radical (unpaired) electrons. The number of anilines is 4. The van der Waals surface area contributed by atoms with Crippen molar-refractivity contribution >= 4 is 33.2 Å². The Balaban J connectivity index is 1.45. The normalized spacial score (nSPS) is 14.6. The van der Waals surface area contributed by atoms with Crippen molar-refractivity contribution in [1.29, 1.82) is 0 Å². The number of sulfonamides is 1. The number of benzene rings is 2. The molecule has 174 valence electrons. The van der Waals surface area contributed by atoms with Crippen LogP contribution in [0.5, 0.6) is 0 Å². The van der Waals surface area contributed by atoms with Gasteiger partial charge in [0.05, 0.1) is 4.90 Å². The molecule has 0 unspecified atom stereocenters. The molecule has 0 atom stereocenters. The number of hydrogen-bond acceptors (Lipinski definition) is 6. The number of hydrogen-bond donors (Lipinski definition) is 3. The van der Waals surface area contributed by atoms with Gasteiger partial charge in [-0.3, -0.25) is 4.72 Å². The number of nitrogens with zero attached hydrogens (tertiary/aromatic N) is 2. The summed E-state index contributed by atoms with van der Waals surface area (Å²) in [5.74, 6) is 0.668. The van der Waals surface area contributed by atoms with Crippen molar-refractivity contribution in [3.8, 4) is 0 Å². The molecule has 1 fully saturated rings. The number of nitrogens with one attached hydrogen (secondary N) is 3. The fourth-order valence-electron chi connectivity index (χ4n) is 3.97. The molecule has 1 aliphatic carbocycles. The first kappa shape index (κ1) is 23.0. The second-order valence-electron chi connectivity index (χ2n) is 8.42. The lowest BCUT2D eigenvalue weighted by Gasteiger charge is -2.23. The standard InChI is InChI=1S/C24H28FN5O2S/c1-16-8-9-18(25)15-22(16)33(31,32)30-21-12-10-20(11-13-21)27-23-14-17(2)26-24(29-23)28-19-6-4-3-5-7-19/h8-15,19,30H,3-7H2,1-2H3,(H2,26,27,28,29). The predicted octanol–water partition coefficient (Wildman–Crippen LogP) is 5.52. The highest BCUT2D eigenvalue weighted by atomic mass is 32.2. The Hall–Kier alpha value is -3.20. The molecule has 0 bridgehead atoms. The molecule has 3 aromatic rings. The summed E-state index contributed by atoms with van der Waals surface area (Å²) in [6, 6.07) is 12.7. The molecule has 3 N–H and O–H groups in total. The van der Waals surface area contributed by atoms with Crippen LogP contribution in [0, 0.1) is 19.7 Å². The first-order chi connectivity index (χ1) is 15.8. The third-order valence-electron chi connectivity index (χ3n) is 5.64. The fourth-order valence-corrected chi connectivity index (χ4v) is 5.29. The third-order valence-corrected chi connectivity index (χ3v) is 7.17. The van der Waals surface area contributed by atoms with Crippen molar-refractivity contribution in [3.63, 3.8) is 0 Å². The van der Waals surface area contributed by atoms with Gasteiger partial charge in [0, 0.05) is 29.2 Å². The van der Waals surface area contributed by atoms with E-state index >= 15 is 0 Å². The van der Waals surface area contributed by atoms with Crippen molar-refractivity contribution in [1.82, 2.24) is 9.97 Å². The molecule has 9 heteroatoms. The lowest BCUT2D eigenvalue weighted by molar-refractivity contribution is 0.461. The van der Waals surface area contributed by atoms with Gasteiger partial charge in [-0.1, -0.05) is 25.3 Å². The van der Waals surface area contributed by atoms with Crippen LogP contribution in [0.4, 0.5) is 27.5 Å². The Labute approximate surface area is 193 Å². The average molecular weight is 470 g/mol. The summed E-state index contributed by atoms with van der Waals surface area (Å²) in [4.78, 5) is 9.00. The zero-order valence-corrected chi connectivity index (χ0v) is 19.5. The summed E-state index contributed by atoms with van der Waals surface area (Å²) < 4.78 is 41.4. The van der Waals surface area contributed by atoms with E-state index in [1.54, 1.807) is 31.2 Å². The van der Waals surface area contributed by atoms with E-state index in [2.05, 4.69) is 25.3 Å². The molecule has 1 saturated carbocycles. The van der Waals surface area contributed by atoms with Gasteiger partial charge in [-0.2, -0.15) is 4.98 Å². The molecule has 0 spiro atoms. The molecule has 33 heavy (non-hydrogen) atoms. The van der Waals surface area contributed by atoms with Crippen LogP contribution >= 0.6 is 0 Å². The van der Waals surface area contributed by atoms with Gasteiger partial charge < -0.3 is 10.6 Å². The van der Waals surface area contributed by atoms with Gasteiger partial charge in [0.1, 0.15) is 11.6 Å². The van der Waals surface area contributed by atoms with E-state index in [0.29, 0.717) is 29.1 Å². The van der Waals surface area contributed by atoms with Crippen LogP contribution in [-0.2, 0) is 10.0 Å². The van der Waals surface area contributed by atoms with E-state index in [0.717, 1.165) is 30.3 Å². The molecule has 0 aliphatic heterocycles. The lowest BCUT2D eigenvalue weighted by Crippen LogP contribution is -2.23. The summed E-state index contributed by atoms with van der Waals surface area (Å²) in [5, 5.41) is 6.68. The predicted molar refractivity (Wildman–Crippen MR) is 129 cm³/mol. The minimum atomic E-state index is -3.90. The van der Waals surface area contributed by atoms with Crippen molar-refractivity contribution in [2.75, 3.05) is 15.4 Å². The van der Waals surface area contributed by atoms with Gasteiger partial charge >= 0.3 is 0 Å². The lowest BCUT2D eigenvalue weighted by atomic mass is 9.96. The molecule has 1 heterocycles. The van der Waals surface area contributed by atoms with Crippen LogP contribution in [0.2, 0.25) is 0 Å². The molecule has 7 nitrogen and oxygen atoms in total. The van der Waals surface area contributed by atoms with Gasteiger partial charge in [0.25, 0.3) is 10.0 Å². The first-order valence-electron chi connectivity index (χ1n) is 11.1. The highest BCUT2D eigenvalue weighted by Gasteiger charge is 2.18. The van der Waals surface area contributed by atoms with E-state index in [1.807, 2.05) is 13.0 Å². The van der Waals surface area contributed by atoms with Crippen LogP contribution in [0.3, 0.4) is 0 Å². The Bertz CT molecular complexity index is 1230. The molecule has 0 saturated heterocycles. The van der Waals surface area contributed by atoms with E-state index < -0.39 is 15.8 Å². The Morgan fingerprint density at radius 2 is 1.61 bits per heavy atom. The maximum absolute atomic E-state index is 13.5. The number of aryl methyl sites for hydroxylation is 2. The van der Waals surface area contributed by atoms with Gasteiger partial charge in [-0.25, -0.2) is 17.8 Å². The Morgan fingerprint density at radius 1 is 0.909 bits per heavy atom. The van der Waals surface area contributed by atoms with Crippen molar-refractivity contribution in [2.24, 2.45) is 0 Å².